The molecule has 0 radical (unpaired) electrons. The SMILES string of the molecule is C(=C\C12CCC(CN1)C2)/c1ccno1. The van der Waals surface area contributed by atoms with Crippen molar-refractivity contribution >= 4 is 6.08 Å². The number of nitrogens with zero attached hydrogens (tertiary/aromatic N) is 1. The van der Waals surface area contributed by atoms with Crippen LogP contribution in [0.15, 0.2) is 22.9 Å². The van der Waals surface area contributed by atoms with Gasteiger partial charge in [-0.3, -0.25) is 0 Å². The molecule has 1 saturated heterocycles. The number of piperidine rings is 1. The minimum Gasteiger partial charge on any atom is -0.357 e. The van der Waals surface area contributed by atoms with Gasteiger partial charge in [0.15, 0.2) is 5.76 Å². The number of hydrogen-bond donors (Lipinski definition) is 1. The topological polar surface area (TPSA) is 38.1 Å². The highest BCUT2D eigenvalue weighted by atomic mass is 16.5. The molecule has 1 aliphatic carbocycles. The summed E-state index contributed by atoms with van der Waals surface area (Å²) >= 11 is 0. The molecule has 0 spiro atoms. The van der Waals surface area contributed by atoms with Crippen molar-refractivity contribution < 1.29 is 4.52 Å². The summed E-state index contributed by atoms with van der Waals surface area (Å²) in [6, 6.07) is 1.88. The summed E-state index contributed by atoms with van der Waals surface area (Å²) in [7, 11) is 0. The molecule has 2 unspecified atom stereocenters. The molecular weight excluding hydrogens is 176 g/mol. The third kappa shape index (κ3) is 1.28. The maximum absolute atomic E-state index is 5.03. The smallest absolute Gasteiger partial charge is 0.159 e. The number of hydrogen-bond acceptors (Lipinski definition) is 3. The molecule has 1 aromatic rings. The van der Waals surface area contributed by atoms with Crippen molar-refractivity contribution in [1.29, 1.82) is 0 Å². The Kier molecular flexibility index (Phi) is 1.74. The van der Waals surface area contributed by atoms with E-state index in [9.17, 15) is 0 Å². The first kappa shape index (κ1) is 8.24. The van der Waals surface area contributed by atoms with Crippen LogP contribution in [0.3, 0.4) is 0 Å². The predicted molar refractivity (Wildman–Crippen MR) is 53.6 cm³/mol. The number of fused-ring (bicyclic) bond motifs is 2. The predicted octanol–water partition coefficient (Wildman–Crippen LogP) is 1.83. The van der Waals surface area contributed by atoms with Gasteiger partial charge in [0, 0.05) is 11.6 Å². The third-order valence-corrected chi connectivity index (χ3v) is 3.42. The zero-order valence-electron chi connectivity index (χ0n) is 8.07. The highest BCUT2D eigenvalue weighted by Crippen LogP contribution is 2.40. The summed E-state index contributed by atoms with van der Waals surface area (Å²) in [5.41, 5.74) is 0.261. The maximum Gasteiger partial charge on any atom is 0.159 e. The molecule has 2 aliphatic rings. The Balaban J connectivity index is 1.78. The Morgan fingerprint density at radius 1 is 1.64 bits per heavy atom. The van der Waals surface area contributed by atoms with E-state index in [0.717, 1.165) is 11.7 Å². The van der Waals surface area contributed by atoms with Gasteiger partial charge in [-0.05, 0) is 37.8 Å². The Hall–Kier alpha value is -1.09. The molecule has 3 rings (SSSR count). The van der Waals surface area contributed by atoms with Crippen molar-refractivity contribution in [1.82, 2.24) is 10.5 Å². The van der Waals surface area contributed by atoms with E-state index in [1.54, 1.807) is 6.20 Å². The monoisotopic (exact) mass is 190 g/mol. The number of rotatable bonds is 2. The molecule has 2 heterocycles. The van der Waals surface area contributed by atoms with Crippen molar-refractivity contribution in [3.05, 3.63) is 24.1 Å². The molecule has 0 amide bonds. The lowest BCUT2D eigenvalue weighted by Crippen LogP contribution is -2.37. The van der Waals surface area contributed by atoms with Crippen LogP contribution in [0, 0.1) is 5.92 Å². The molecule has 2 fully saturated rings. The van der Waals surface area contributed by atoms with Crippen molar-refractivity contribution in [2.24, 2.45) is 5.92 Å². The molecule has 2 bridgehead atoms. The normalized spacial score (nSPS) is 35.9. The van der Waals surface area contributed by atoms with Gasteiger partial charge in [0.2, 0.25) is 0 Å². The van der Waals surface area contributed by atoms with Crippen molar-refractivity contribution in [2.45, 2.75) is 24.8 Å². The van der Waals surface area contributed by atoms with Crippen LogP contribution in [0.2, 0.25) is 0 Å². The van der Waals surface area contributed by atoms with Crippen LogP contribution in [0.25, 0.3) is 6.08 Å². The van der Waals surface area contributed by atoms with Crippen LogP contribution in [-0.2, 0) is 0 Å². The van der Waals surface area contributed by atoms with Gasteiger partial charge in [0.1, 0.15) is 0 Å². The fourth-order valence-electron chi connectivity index (χ4n) is 2.63. The van der Waals surface area contributed by atoms with Crippen molar-refractivity contribution in [3.8, 4) is 0 Å². The number of aromatic nitrogens is 1. The zero-order chi connectivity index (χ0) is 9.43. The van der Waals surface area contributed by atoms with Gasteiger partial charge >= 0.3 is 0 Å². The fourth-order valence-corrected chi connectivity index (χ4v) is 2.63. The average molecular weight is 190 g/mol. The minimum absolute atomic E-state index is 0.261. The van der Waals surface area contributed by atoms with E-state index >= 15 is 0 Å². The van der Waals surface area contributed by atoms with E-state index in [2.05, 4.69) is 16.5 Å². The standard InChI is InChI=1S/C11H14N2O/c1-4-11(7-9(1)8-12-11)5-2-10-3-6-13-14-10/h2-3,5-6,9,12H,1,4,7-8H2/b5-2+. The average Bonchev–Trinajstić information content (AvgIpc) is 2.93. The van der Waals surface area contributed by atoms with Crippen molar-refractivity contribution in [2.75, 3.05) is 6.54 Å². The second-order valence-corrected chi connectivity index (χ2v) is 4.39. The van der Waals surface area contributed by atoms with Crippen LogP contribution in [0.5, 0.6) is 0 Å². The highest BCUT2D eigenvalue weighted by molar-refractivity contribution is 5.45. The van der Waals surface area contributed by atoms with Gasteiger partial charge < -0.3 is 9.84 Å². The summed E-state index contributed by atoms with van der Waals surface area (Å²) in [4.78, 5) is 0. The van der Waals surface area contributed by atoms with E-state index in [1.807, 2.05) is 12.1 Å². The van der Waals surface area contributed by atoms with E-state index in [-0.39, 0.29) is 5.54 Å². The Morgan fingerprint density at radius 2 is 2.64 bits per heavy atom. The van der Waals surface area contributed by atoms with Crippen molar-refractivity contribution in [3.63, 3.8) is 0 Å². The largest absolute Gasteiger partial charge is 0.357 e. The lowest BCUT2D eigenvalue weighted by molar-refractivity contribution is 0.410. The van der Waals surface area contributed by atoms with Crippen LogP contribution in [0.1, 0.15) is 25.0 Å². The van der Waals surface area contributed by atoms with Crippen LogP contribution < -0.4 is 5.32 Å². The second-order valence-electron chi connectivity index (χ2n) is 4.39. The van der Waals surface area contributed by atoms with Gasteiger partial charge in [-0.2, -0.15) is 0 Å². The van der Waals surface area contributed by atoms with Gasteiger partial charge in [0.25, 0.3) is 0 Å². The zero-order valence-corrected chi connectivity index (χ0v) is 8.07. The first-order chi connectivity index (χ1) is 6.86. The van der Waals surface area contributed by atoms with E-state index in [0.29, 0.717) is 0 Å². The van der Waals surface area contributed by atoms with Gasteiger partial charge in [-0.15, -0.1) is 0 Å². The second kappa shape index (κ2) is 2.95. The molecule has 1 N–H and O–H groups in total. The lowest BCUT2D eigenvalue weighted by Gasteiger charge is -2.23. The van der Waals surface area contributed by atoms with Crippen LogP contribution in [0.4, 0.5) is 0 Å². The Labute approximate surface area is 83.2 Å². The minimum atomic E-state index is 0.261. The molecule has 14 heavy (non-hydrogen) atoms. The van der Waals surface area contributed by atoms with Gasteiger partial charge in [-0.25, -0.2) is 0 Å². The van der Waals surface area contributed by atoms with Gasteiger partial charge in [0.05, 0.1) is 6.20 Å². The molecule has 3 heteroatoms. The van der Waals surface area contributed by atoms with E-state index in [4.69, 9.17) is 4.52 Å². The molecule has 1 aromatic heterocycles. The molecule has 3 nitrogen and oxygen atoms in total. The van der Waals surface area contributed by atoms with E-state index < -0.39 is 0 Å². The molecular formula is C11H14N2O. The molecule has 0 aromatic carbocycles. The van der Waals surface area contributed by atoms with Gasteiger partial charge in [-0.1, -0.05) is 11.2 Å². The number of nitrogens with one attached hydrogen (secondary N) is 1. The first-order valence-corrected chi connectivity index (χ1v) is 5.21. The fraction of sp³-hybridized carbons (Fsp3) is 0.545. The molecule has 1 saturated carbocycles. The lowest BCUT2D eigenvalue weighted by atomic mass is 9.98. The van der Waals surface area contributed by atoms with E-state index in [1.165, 1.54) is 25.8 Å². The maximum atomic E-state index is 5.03. The molecule has 74 valence electrons. The van der Waals surface area contributed by atoms with Crippen LogP contribution in [-0.4, -0.2) is 17.2 Å². The third-order valence-electron chi connectivity index (χ3n) is 3.42. The quantitative estimate of drug-likeness (QED) is 0.773. The first-order valence-electron chi connectivity index (χ1n) is 5.21. The summed E-state index contributed by atoms with van der Waals surface area (Å²) < 4.78 is 5.03. The Morgan fingerprint density at radius 3 is 3.21 bits per heavy atom. The van der Waals surface area contributed by atoms with Crippen LogP contribution >= 0.6 is 0 Å². The molecule has 1 aliphatic heterocycles. The summed E-state index contributed by atoms with van der Waals surface area (Å²) in [5.74, 6) is 1.74. The summed E-state index contributed by atoms with van der Waals surface area (Å²) in [6.07, 6.45) is 9.89. The summed E-state index contributed by atoms with van der Waals surface area (Å²) in [6.45, 7) is 1.18. The highest BCUT2D eigenvalue weighted by Gasteiger charge is 2.42. The summed E-state index contributed by atoms with van der Waals surface area (Å²) in [5, 5.41) is 7.26. The molecule has 2 atom stereocenters. The Bertz CT molecular complexity index is 334.